The molecule has 0 fully saturated rings. The predicted molar refractivity (Wildman–Crippen MR) is 74.6 cm³/mol. The summed E-state index contributed by atoms with van der Waals surface area (Å²) in [6.45, 7) is 5.51. The van der Waals surface area contributed by atoms with E-state index in [2.05, 4.69) is 5.32 Å². The summed E-state index contributed by atoms with van der Waals surface area (Å²) < 4.78 is 0. The monoisotopic (exact) mass is 284 g/mol. The number of aryl methyl sites for hydroxylation is 1. The number of carbonyl (C=O) groups excluding carboxylic acids is 1. The molecule has 19 heavy (non-hydrogen) atoms. The van der Waals surface area contributed by atoms with E-state index < -0.39 is 10.8 Å². The highest BCUT2D eigenvalue weighted by molar-refractivity contribution is 6.18. The minimum atomic E-state index is -0.552. The highest BCUT2D eigenvalue weighted by Crippen LogP contribution is 2.20. The smallest absolute Gasteiger partial charge is 0.282 e. The average Bonchev–Trinajstić information content (AvgIpc) is 2.36. The maximum atomic E-state index is 12.1. The van der Waals surface area contributed by atoms with Crippen molar-refractivity contribution < 1.29 is 9.72 Å². The molecule has 0 aliphatic heterocycles. The standard InChI is InChI=1S/C13H17ClN2O3/c1-8-4-5-12(16(18)19)11(6-8)13(17)15-10(3)9(2)7-14/h4-6,9-10H,7H2,1-3H3,(H,15,17). The van der Waals surface area contributed by atoms with Crippen molar-refractivity contribution in [2.75, 3.05) is 5.88 Å². The summed E-state index contributed by atoms with van der Waals surface area (Å²) in [7, 11) is 0. The molecule has 0 aliphatic rings. The summed E-state index contributed by atoms with van der Waals surface area (Å²) in [6.07, 6.45) is 0. The Bertz CT molecular complexity index is 491. The molecule has 2 atom stereocenters. The Morgan fingerprint density at radius 2 is 2.11 bits per heavy atom. The molecule has 1 rings (SSSR count). The number of halogens is 1. The highest BCUT2D eigenvalue weighted by atomic mass is 35.5. The van der Waals surface area contributed by atoms with Crippen molar-refractivity contribution in [1.29, 1.82) is 0 Å². The van der Waals surface area contributed by atoms with Gasteiger partial charge in [-0.1, -0.05) is 13.0 Å². The number of hydrogen-bond acceptors (Lipinski definition) is 3. The van der Waals surface area contributed by atoms with Crippen molar-refractivity contribution in [3.63, 3.8) is 0 Å². The van der Waals surface area contributed by atoms with Crippen LogP contribution in [0.4, 0.5) is 5.69 Å². The van der Waals surface area contributed by atoms with Gasteiger partial charge in [-0.3, -0.25) is 14.9 Å². The first-order valence-corrected chi connectivity index (χ1v) is 6.52. The Balaban J connectivity index is 2.99. The van der Waals surface area contributed by atoms with Crippen molar-refractivity contribution in [2.24, 2.45) is 5.92 Å². The first-order valence-electron chi connectivity index (χ1n) is 5.98. The third kappa shape index (κ3) is 3.92. The minimum Gasteiger partial charge on any atom is -0.349 e. The number of carbonyl (C=O) groups is 1. The van der Waals surface area contributed by atoms with Crippen LogP contribution in [0, 0.1) is 23.0 Å². The Morgan fingerprint density at radius 1 is 1.47 bits per heavy atom. The Hall–Kier alpha value is -1.62. The fourth-order valence-corrected chi connectivity index (χ4v) is 1.82. The van der Waals surface area contributed by atoms with Gasteiger partial charge in [-0.05, 0) is 31.4 Å². The van der Waals surface area contributed by atoms with Crippen LogP contribution < -0.4 is 5.32 Å². The maximum absolute atomic E-state index is 12.1. The van der Waals surface area contributed by atoms with Gasteiger partial charge in [0.1, 0.15) is 5.56 Å². The molecule has 0 radical (unpaired) electrons. The lowest BCUT2D eigenvalue weighted by molar-refractivity contribution is -0.385. The molecule has 1 N–H and O–H groups in total. The molecule has 0 spiro atoms. The molecular formula is C13H17ClN2O3. The highest BCUT2D eigenvalue weighted by Gasteiger charge is 2.22. The lowest BCUT2D eigenvalue weighted by Gasteiger charge is -2.19. The second-order valence-electron chi connectivity index (χ2n) is 4.67. The van der Waals surface area contributed by atoms with E-state index in [0.717, 1.165) is 5.56 Å². The van der Waals surface area contributed by atoms with Gasteiger partial charge in [0, 0.05) is 18.0 Å². The van der Waals surface area contributed by atoms with Gasteiger partial charge in [0.05, 0.1) is 4.92 Å². The van der Waals surface area contributed by atoms with E-state index in [0.29, 0.717) is 5.88 Å². The zero-order valence-electron chi connectivity index (χ0n) is 11.1. The van der Waals surface area contributed by atoms with Crippen molar-refractivity contribution in [1.82, 2.24) is 5.32 Å². The molecule has 1 amide bonds. The topological polar surface area (TPSA) is 72.2 Å². The first kappa shape index (κ1) is 15.4. The fourth-order valence-electron chi connectivity index (χ4n) is 1.55. The summed E-state index contributed by atoms with van der Waals surface area (Å²) in [5.41, 5.74) is 0.696. The normalized spacial score (nSPS) is 13.7. The van der Waals surface area contributed by atoms with Crippen molar-refractivity contribution in [3.05, 3.63) is 39.4 Å². The first-order chi connectivity index (χ1) is 8.86. The van der Waals surface area contributed by atoms with E-state index in [1.165, 1.54) is 12.1 Å². The van der Waals surface area contributed by atoms with Crippen LogP contribution in [0.15, 0.2) is 18.2 Å². The van der Waals surface area contributed by atoms with Crippen molar-refractivity contribution >= 4 is 23.2 Å². The molecule has 0 heterocycles. The van der Waals surface area contributed by atoms with E-state index >= 15 is 0 Å². The molecule has 0 saturated carbocycles. The van der Waals surface area contributed by atoms with Crippen molar-refractivity contribution in [2.45, 2.75) is 26.8 Å². The summed E-state index contributed by atoms with van der Waals surface area (Å²) >= 11 is 5.72. The van der Waals surface area contributed by atoms with Crippen LogP contribution in [-0.4, -0.2) is 22.8 Å². The second kappa shape index (κ2) is 6.52. The van der Waals surface area contributed by atoms with Gasteiger partial charge < -0.3 is 5.32 Å². The quantitative estimate of drug-likeness (QED) is 0.513. The van der Waals surface area contributed by atoms with Crippen LogP contribution in [0.25, 0.3) is 0 Å². The lowest BCUT2D eigenvalue weighted by Crippen LogP contribution is -2.38. The molecule has 0 bridgehead atoms. The zero-order valence-corrected chi connectivity index (χ0v) is 11.9. The number of nitrogens with one attached hydrogen (secondary N) is 1. The van der Waals surface area contributed by atoms with E-state index in [4.69, 9.17) is 11.6 Å². The predicted octanol–water partition coefficient (Wildman–Crippen LogP) is 2.90. The fraction of sp³-hybridized carbons (Fsp3) is 0.462. The summed E-state index contributed by atoms with van der Waals surface area (Å²) in [6, 6.07) is 4.33. The number of nitrogens with zero attached hydrogens (tertiary/aromatic N) is 1. The number of amides is 1. The molecule has 1 aromatic rings. The number of hydrogen-bond donors (Lipinski definition) is 1. The molecular weight excluding hydrogens is 268 g/mol. The van der Waals surface area contributed by atoms with Gasteiger partial charge in [-0.15, -0.1) is 11.6 Å². The van der Waals surface area contributed by atoms with Crippen LogP contribution >= 0.6 is 11.6 Å². The third-order valence-corrected chi connectivity index (χ3v) is 3.54. The van der Waals surface area contributed by atoms with E-state index in [1.54, 1.807) is 13.0 Å². The van der Waals surface area contributed by atoms with Gasteiger partial charge in [0.15, 0.2) is 0 Å². The average molecular weight is 285 g/mol. The lowest BCUT2D eigenvalue weighted by atomic mass is 10.0. The number of nitro benzene ring substituents is 1. The van der Waals surface area contributed by atoms with Gasteiger partial charge in [0.2, 0.25) is 0 Å². The molecule has 104 valence electrons. The number of alkyl halides is 1. The largest absolute Gasteiger partial charge is 0.349 e. The van der Waals surface area contributed by atoms with Gasteiger partial charge in [-0.25, -0.2) is 0 Å². The minimum absolute atomic E-state index is 0.0821. The summed E-state index contributed by atoms with van der Waals surface area (Å²) in [5, 5.41) is 13.7. The van der Waals surface area contributed by atoms with Crippen LogP contribution in [0.3, 0.4) is 0 Å². The van der Waals surface area contributed by atoms with Crippen LogP contribution in [0.1, 0.15) is 29.8 Å². The molecule has 6 heteroatoms. The summed E-state index contributed by atoms with van der Waals surface area (Å²) in [4.78, 5) is 22.5. The van der Waals surface area contributed by atoms with Gasteiger partial charge in [0.25, 0.3) is 11.6 Å². The van der Waals surface area contributed by atoms with Gasteiger partial charge in [-0.2, -0.15) is 0 Å². The van der Waals surface area contributed by atoms with Crippen molar-refractivity contribution in [3.8, 4) is 0 Å². The molecule has 0 saturated heterocycles. The van der Waals surface area contributed by atoms with Gasteiger partial charge >= 0.3 is 0 Å². The van der Waals surface area contributed by atoms with E-state index in [1.807, 2.05) is 13.8 Å². The number of rotatable bonds is 5. The maximum Gasteiger partial charge on any atom is 0.282 e. The Morgan fingerprint density at radius 3 is 2.63 bits per heavy atom. The second-order valence-corrected chi connectivity index (χ2v) is 4.98. The molecule has 2 unspecified atom stereocenters. The van der Waals surface area contributed by atoms with Crippen LogP contribution in [0.5, 0.6) is 0 Å². The Kier molecular flexibility index (Phi) is 5.30. The third-order valence-electron chi connectivity index (χ3n) is 3.05. The van der Waals surface area contributed by atoms with E-state index in [-0.39, 0.29) is 23.2 Å². The summed E-state index contributed by atoms with van der Waals surface area (Å²) in [5.74, 6) is 0.0616. The molecule has 5 nitrogen and oxygen atoms in total. The van der Waals surface area contributed by atoms with E-state index in [9.17, 15) is 14.9 Å². The Labute approximate surface area is 117 Å². The molecule has 0 aromatic heterocycles. The SMILES string of the molecule is Cc1ccc([N+](=O)[O-])c(C(=O)NC(C)C(C)CCl)c1. The van der Waals surface area contributed by atoms with Crippen LogP contribution in [-0.2, 0) is 0 Å². The zero-order chi connectivity index (χ0) is 14.6. The number of nitro groups is 1. The number of benzene rings is 1. The van der Waals surface area contributed by atoms with Crippen LogP contribution in [0.2, 0.25) is 0 Å². The molecule has 1 aromatic carbocycles. The molecule has 0 aliphatic carbocycles.